The van der Waals surface area contributed by atoms with Crippen LogP contribution in [-0.2, 0) is 20.7 Å². The van der Waals surface area contributed by atoms with Crippen LogP contribution in [0.4, 0.5) is 0 Å². The van der Waals surface area contributed by atoms with E-state index in [1.807, 2.05) is 38.1 Å². The molecule has 1 aliphatic heterocycles. The number of aryl methyl sites for hydroxylation is 2. The summed E-state index contributed by atoms with van der Waals surface area (Å²) in [7, 11) is 3.73. The standard InChI is InChI=1S/C17H23NO3/c1-6-12-8-9-13(10-11(12)3)14-15(19)17(20-7-2)21-16(14)18(4)5/h8-10,17H,6-7H2,1-5H3. The Bertz CT molecular complexity index is 575. The maximum atomic E-state index is 12.5. The van der Waals surface area contributed by atoms with Gasteiger partial charge in [0.25, 0.3) is 6.29 Å². The molecule has 4 heteroatoms. The van der Waals surface area contributed by atoms with Crippen LogP contribution in [0.3, 0.4) is 0 Å². The molecule has 0 saturated heterocycles. The van der Waals surface area contributed by atoms with Crippen molar-refractivity contribution in [1.29, 1.82) is 0 Å². The normalized spacial score (nSPS) is 18.1. The van der Waals surface area contributed by atoms with Crippen molar-refractivity contribution in [1.82, 2.24) is 4.90 Å². The largest absolute Gasteiger partial charge is 0.441 e. The average molecular weight is 289 g/mol. The van der Waals surface area contributed by atoms with Crippen molar-refractivity contribution < 1.29 is 14.3 Å². The number of rotatable bonds is 5. The highest BCUT2D eigenvalue weighted by Gasteiger charge is 2.37. The van der Waals surface area contributed by atoms with Gasteiger partial charge in [-0.15, -0.1) is 0 Å². The van der Waals surface area contributed by atoms with Gasteiger partial charge < -0.3 is 14.4 Å². The Balaban J connectivity index is 2.45. The minimum absolute atomic E-state index is 0.107. The van der Waals surface area contributed by atoms with E-state index in [0.29, 0.717) is 18.1 Å². The minimum atomic E-state index is -0.825. The Labute approximate surface area is 126 Å². The summed E-state index contributed by atoms with van der Waals surface area (Å²) in [5, 5.41) is 0. The van der Waals surface area contributed by atoms with Gasteiger partial charge in [0.05, 0.1) is 5.57 Å². The molecule has 0 amide bonds. The molecule has 114 valence electrons. The SMILES string of the molecule is CCOC1OC(N(C)C)=C(c2ccc(CC)c(C)c2)C1=O. The molecule has 0 spiro atoms. The number of ketones is 1. The molecule has 1 unspecified atom stereocenters. The van der Waals surface area contributed by atoms with Crippen LogP contribution in [0.15, 0.2) is 24.1 Å². The quantitative estimate of drug-likeness (QED) is 0.835. The molecule has 0 aliphatic carbocycles. The zero-order valence-electron chi connectivity index (χ0n) is 13.4. The first-order valence-electron chi connectivity index (χ1n) is 7.33. The van der Waals surface area contributed by atoms with E-state index in [0.717, 1.165) is 12.0 Å². The summed E-state index contributed by atoms with van der Waals surface area (Å²) >= 11 is 0. The second kappa shape index (κ2) is 6.31. The average Bonchev–Trinajstić information content (AvgIpc) is 2.77. The fourth-order valence-corrected chi connectivity index (χ4v) is 2.54. The molecule has 1 aromatic carbocycles. The second-order valence-electron chi connectivity index (χ2n) is 5.34. The lowest BCUT2D eigenvalue weighted by Gasteiger charge is -2.16. The topological polar surface area (TPSA) is 38.8 Å². The monoisotopic (exact) mass is 289 g/mol. The van der Waals surface area contributed by atoms with Gasteiger partial charge in [0.2, 0.25) is 11.7 Å². The second-order valence-corrected chi connectivity index (χ2v) is 5.34. The van der Waals surface area contributed by atoms with Crippen LogP contribution < -0.4 is 0 Å². The van der Waals surface area contributed by atoms with Gasteiger partial charge in [-0.3, -0.25) is 4.79 Å². The molecule has 21 heavy (non-hydrogen) atoms. The Morgan fingerprint density at radius 2 is 2.00 bits per heavy atom. The van der Waals surface area contributed by atoms with Crippen molar-refractivity contribution >= 4 is 11.4 Å². The number of benzene rings is 1. The Morgan fingerprint density at radius 1 is 1.29 bits per heavy atom. The maximum absolute atomic E-state index is 12.5. The predicted octanol–water partition coefficient (Wildman–Crippen LogP) is 2.75. The predicted molar refractivity (Wildman–Crippen MR) is 82.7 cm³/mol. The molecule has 0 bridgehead atoms. The van der Waals surface area contributed by atoms with E-state index in [9.17, 15) is 4.79 Å². The van der Waals surface area contributed by atoms with E-state index in [1.165, 1.54) is 11.1 Å². The molecular formula is C17H23NO3. The third kappa shape index (κ3) is 2.95. The van der Waals surface area contributed by atoms with Crippen molar-refractivity contribution in [3.8, 4) is 0 Å². The first kappa shape index (κ1) is 15.6. The zero-order chi connectivity index (χ0) is 15.6. The van der Waals surface area contributed by atoms with Gasteiger partial charge in [0.1, 0.15) is 0 Å². The van der Waals surface area contributed by atoms with Crippen molar-refractivity contribution in [2.75, 3.05) is 20.7 Å². The number of hydrogen-bond acceptors (Lipinski definition) is 4. The Morgan fingerprint density at radius 3 is 2.52 bits per heavy atom. The summed E-state index contributed by atoms with van der Waals surface area (Å²) in [6, 6.07) is 6.11. The number of Topliss-reactive ketones (excluding diaryl/α,β-unsaturated/α-hetero) is 1. The smallest absolute Gasteiger partial charge is 0.266 e. The maximum Gasteiger partial charge on any atom is 0.266 e. The van der Waals surface area contributed by atoms with Crippen LogP contribution in [0.5, 0.6) is 0 Å². The molecule has 1 aromatic rings. The van der Waals surface area contributed by atoms with Gasteiger partial charge in [-0.1, -0.05) is 25.1 Å². The van der Waals surface area contributed by atoms with Gasteiger partial charge in [0.15, 0.2) is 0 Å². The molecule has 1 heterocycles. The van der Waals surface area contributed by atoms with E-state index in [-0.39, 0.29) is 5.78 Å². The van der Waals surface area contributed by atoms with Crippen LogP contribution in [0.1, 0.15) is 30.5 Å². The van der Waals surface area contributed by atoms with E-state index in [1.54, 1.807) is 0 Å². The lowest BCUT2D eigenvalue weighted by molar-refractivity contribution is -0.150. The molecule has 4 nitrogen and oxygen atoms in total. The van der Waals surface area contributed by atoms with E-state index < -0.39 is 6.29 Å². The van der Waals surface area contributed by atoms with Crippen LogP contribution in [0.2, 0.25) is 0 Å². The Kier molecular flexibility index (Phi) is 4.68. The van der Waals surface area contributed by atoms with Crippen molar-refractivity contribution in [2.24, 2.45) is 0 Å². The first-order valence-corrected chi connectivity index (χ1v) is 7.33. The highest BCUT2D eigenvalue weighted by molar-refractivity contribution is 6.24. The summed E-state index contributed by atoms with van der Waals surface area (Å²) in [5.74, 6) is 0.464. The van der Waals surface area contributed by atoms with Crippen LogP contribution >= 0.6 is 0 Å². The number of ether oxygens (including phenoxy) is 2. The molecule has 0 aromatic heterocycles. The minimum Gasteiger partial charge on any atom is -0.441 e. The molecule has 2 rings (SSSR count). The molecule has 0 radical (unpaired) electrons. The van der Waals surface area contributed by atoms with E-state index in [4.69, 9.17) is 9.47 Å². The van der Waals surface area contributed by atoms with Crippen molar-refractivity contribution in [2.45, 2.75) is 33.5 Å². The highest BCUT2D eigenvalue weighted by atomic mass is 16.7. The van der Waals surface area contributed by atoms with Crippen molar-refractivity contribution in [3.63, 3.8) is 0 Å². The fraction of sp³-hybridized carbons (Fsp3) is 0.471. The third-order valence-electron chi connectivity index (χ3n) is 3.63. The van der Waals surface area contributed by atoms with Crippen LogP contribution in [0.25, 0.3) is 5.57 Å². The lowest BCUT2D eigenvalue weighted by atomic mass is 9.97. The van der Waals surface area contributed by atoms with Gasteiger partial charge in [-0.05, 0) is 37.0 Å². The number of nitrogens with zero attached hydrogens (tertiary/aromatic N) is 1. The number of carbonyl (C=O) groups excluding carboxylic acids is 1. The summed E-state index contributed by atoms with van der Waals surface area (Å²) in [5.41, 5.74) is 3.97. The van der Waals surface area contributed by atoms with Gasteiger partial charge in [-0.25, -0.2) is 0 Å². The Hall–Kier alpha value is -1.81. The summed E-state index contributed by atoms with van der Waals surface area (Å²) in [6.07, 6.45) is 0.158. The van der Waals surface area contributed by atoms with Crippen molar-refractivity contribution in [3.05, 3.63) is 40.8 Å². The molecule has 1 atom stereocenters. The molecule has 0 saturated carbocycles. The van der Waals surface area contributed by atoms with Crippen LogP contribution in [-0.4, -0.2) is 37.7 Å². The number of carbonyl (C=O) groups is 1. The highest BCUT2D eigenvalue weighted by Crippen LogP contribution is 2.32. The van der Waals surface area contributed by atoms with Gasteiger partial charge in [-0.2, -0.15) is 0 Å². The molecule has 0 N–H and O–H groups in total. The summed E-state index contributed by atoms with van der Waals surface area (Å²) in [4.78, 5) is 14.4. The lowest BCUT2D eigenvalue weighted by Crippen LogP contribution is -2.22. The summed E-state index contributed by atoms with van der Waals surface area (Å²) < 4.78 is 11.1. The van der Waals surface area contributed by atoms with Gasteiger partial charge >= 0.3 is 0 Å². The first-order chi connectivity index (χ1) is 9.99. The number of hydrogen-bond donors (Lipinski definition) is 0. The van der Waals surface area contributed by atoms with Crippen LogP contribution in [0, 0.1) is 6.92 Å². The molecular weight excluding hydrogens is 266 g/mol. The zero-order valence-corrected chi connectivity index (χ0v) is 13.4. The molecule has 1 aliphatic rings. The molecule has 0 fully saturated rings. The third-order valence-corrected chi connectivity index (χ3v) is 3.63. The van der Waals surface area contributed by atoms with Gasteiger partial charge in [0, 0.05) is 20.7 Å². The fourth-order valence-electron chi connectivity index (χ4n) is 2.54. The summed E-state index contributed by atoms with van der Waals surface area (Å²) in [6.45, 7) is 6.49. The van der Waals surface area contributed by atoms with E-state index in [2.05, 4.69) is 19.9 Å². The van der Waals surface area contributed by atoms with E-state index >= 15 is 0 Å².